The monoisotopic (exact) mass is 432 g/mol. The number of fused-ring (bicyclic) bond motifs is 3. The Morgan fingerprint density at radius 1 is 1.19 bits per heavy atom. The van der Waals surface area contributed by atoms with Crippen LogP contribution in [0.4, 0.5) is 0 Å². The summed E-state index contributed by atoms with van der Waals surface area (Å²) in [6, 6.07) is 18.5. The summed E-state index contributed by atoms with van der Waals surface area (Å²) in [7, 11) is 1.66. The smallest absolute Gasteiger partial charge is 0.229 e. The molecule has 32 heavy (non-hydrogen) atoms. The number of nitrogens with zero attached hydrogens (tertiary/aromatic N) is 3. The van der Waals surface area contributed by atoms with Crippen molar-refractivity contribution in [3.8, 4) is 17.0 Å². The molecular formula is C25H30N5O2+. The highest BCUT2D eigenvalue weighted by Gasteiger charge is 2.46. The summed E-state index contributed by atoms with van der Waals surface area (Å²) in [6.07, 6.45) is 4.21. The summed E-state index contributed by atoms with van der Waals surface area (Å²) in [6.45, 7) is 3.38. The number of aromatic nitrogens is 3. The molecule has 6 rings (SSSR count). The van der Waals surface area contributed by atoms with Crippen LogP contribution in [-0.2, 0) is 17.9 Å². The summed E-state index contributed by atoms with van der Waals surface area (Å²) < 4.78 is 7.37. The quantitative estimate of drug-likeness (QED) is 0.594. The second-order valence-corrected chi connectivity index (χ2v) is 8.92. The van der Waals surface area contributed by atoms with E-state index in [9.17, 15) is 4.79 Å². The van der Waals surface area contributed by atoms with Gasteiger partial charge in [-0.3, -0.25) is 4.79 Å². The Morgan fingerprint density at radius 3 is 2.78 bits per heavy atom. The third kappa shape index (κ3) is 4.25. The molecule has 0 saturated carbocycles. The highest BCUT2D eigenvalue weighted by Crippen LogP contribution is 2.28. The Morgan fingerprint density at radius 2 is 2.00 bits per heavy atom. The third-order valence-electron chi connectivity index (χ3n) is 7.05. The molecule has 3 fully saturated rings. The van der Waals surface area contributed by atoms with Crippen molar-refractivity contribution in [1.29, 1.82) is 0 Å². The molecule has 3 aliphatic heterocycles. The molecule has 1 amide bonds. The lowest BCUT2D eigenvalue weighted by Gasteiger charge is -2.46. The van der Waals surface area contributed by atoms with Gasteiger partial charge >= 0.3 is 0 Å². The number of carbonyl (C=O) groups excluding carboxylic acids is 1. The number of quaternary nitrogens is 1. The van der Waals surface area contributed by atoms with Gasteiger partial charge in [-0.05, 0) is 12.0 Å². The molecule has 3 aromatic rings. The van der Waals surface area contributed by atoms with Crippen molar-refractivity contribution in [3.63, 3.8) is 0 Å². The minimum Gasteiger partial charge on any atom is -0.496 e. The van der Waals surface area contributed by atoms with Gasteiger partial charge in [-0.1, -0.05) is 53.7 Å². The van der Waals surface area contributed by atoms with Crippen molar-refractivity contribution in [1.82, 2.24) is 20.3 Å². The fourth-order valence-electron chi connectivity index (χ4n) is 5.34. The van der Waals surface area contributed by atoms with Gasteiger partial charge in [0, 0.05) is 30.5 Å². The van der Waals surface area contributed by atoms with Gasteiger partial charge in [0.25, 0.3) is 0 Å². The first kappa shape index (κ1) is 20.7. The average molecular weight is 433 g/mol. The second kappa shape index (κ2) is 9.12. The van der Waals surface area contributed by atoms with Crippen LogP contribution < -0.4 is 15.0 Å². The molecular weight excluding hydrogens is 402 g/mol. The molecule has 7 nitrogen and oxygen atoms in total. The number of benzene rings is 2. The highest BCUT2D eigenvalue weighted by atomic mass is 16.5. The zero-order valence-corrected chi connectivity index (χ0v) is 18.4. The Labute approximate surface area is 188 Å². The van der Waals surface area contributed by atoms with Gasteiger partial charge in [-0.25, -0.2) is 4.68 Å². The van der Waals surface area contributed by atoms with E-state index in [0.29, 0.717) is 18.5 Å². The first-order chi connectivity index (χ1) is 15.7. The fraction of sp³-hybridized carbons (Fsp3) is 0.400. The fourth-order valence-corrected chi connectivity index (χ4v) is 5.34. The van der Waals surface area contributed by atoms with Crippen molar-refractivity contribution in [2.24, 2.45) is 11.8 Å². The van der Waals surface area contributed by atoms with Crippen LogP contribution in [-0.4, -0.2) is 47.1 Å². The summed E-state index contributed by atoms with van der Waals surface area (Å²) in [5.74, 6) is 1.51. The molecule has 0 aliphatic carbocycles. The Kier molecular flexibility index (Phi) is 5.90. The molecule has 2 aromatic carbocycles. The van der Waals surface area contributed by atoms with Crippen LogP contribution in [0.5, 0.6) is 5.75 Å². The maximum absolute atomic E-state index is 13.0. The number of ether oxygens (including phenoxy) is 1. The molecule has 2 bridgehead atoms. The molecule has 3 saturated heterocycles. The van der Waals surface area contributed by atoms with E-state index in [0.717, 1.165) is 55.0 Å². The number of rotatable bonds is 7. The number of piperidine rings is 3. The number of para-hydroxylation sites is 1. The van der Waals surface area contributed by atoms with E-state index in [-0.39, 0.29) is 11.8 Å². The maximum Gasteiger partial charge on any atom is 0.229 e. The van der Waals surface area contributed by atoms with Gasteiger partial charge in [0.1, 0.15) is 17.5 Å². The molecule has 0 spiro atoms. The second-order valence-electron chi connectivity index (χ2n) is 8.92. The van der Waals surface area contributed by atoms with Gasteiger partial charge in [-0.2, -0.15) is 0 Å². The van der Waals surface area contributed by atoms with Crippen molar-refractivity contribution in [3.05, 3.63) is 66.4 Å². The van der Waals surface area contributed by atoms with Gasteiger partial charge < -0.3 is 15.0 Å². The molecule has 166 valence electrons. The molecule has 2 N–H and O–H groups in total. The molecule has 3 aliphatic rings. The number of hydrogen-bond acceptors (Lipinski definition) is 4. The zero-order valence-electron chi connectivity index (χ0n) is 18.4. The molecule has 4 heterocycles. The number of amides is 1. The van der Waals surface area contributed by atoms with Crippen LogP contribution >= 0.6 is 0 Å². The van der Waals surface area contributed by atoms with Crippen molar-refractivity contribution in [2.45, 2.75) is 32.0 Å². The minimum atomic E-state index is 0.0836. The van der Waals surface area contributed by atoms with Crippen LogP contribution in [0, 0.1) is 11.8 Å². The summed E-state index contributed by atoms with van der Waals surface area (Å²) >= 11 is 0. The van der Waals surface area contributed by atoms with Crippen molar-refractivity contribution >= 4 is 5.91 Å². The first-order valence-electron chi connectivity index (χ1n) is 11.4. The highest BCUT2D eigenvalue weighted by molar-refractivity contribution is 5.79. The molecule has 1 aromatic heterocycles. The van der Waals surface area contributed by atoms with Crippen molar-refractivity contribution in [2.75, 3.05) is 20.2 Å². The van der Waals surface area contributed by atoms with E-state index in [1.54, 1.807) is 7.11 Å². The number of carbonyl (C=O) groups is 1. The third-order valence-corrected chi connectivity index (χ3v) is 7.05. The van der Waals surface area contributed by atoms with Gasteiger partial charge in [0.05, 0.1) is 38.9 Å². The molecule has 4 atom stereocenters. The van der Waals surface area contributed by atoms with Crippen LogP contribution in [0.1, 0.15) is 18.4 Å². The topological polar surface area (TPSA) is 73.5 Å². The minimum absolute atomic E-state index is 0.0836. The van der Waals surface area contributed by atoms with Gasteiger partial charge in [0.15, 0.2) is 0 Å². The molecule has 0 radical (unpaired) electrons. The largest absolute Gasteiger partial charge is 0.496 e. The standard InChI is InChI=1S/C25H29N5O2/c1-32-24-10-6-5-9-20(24)14-26-25(31)22-16-29-12-11-19(22)13-21(29)15-30-17-23(27-28-30)18-7-3-2-4-8-18/h2-10,17,19,21-22H,11-16H2,1H3,(H,26,31)/p+1/t19-,21+,22-/m0/s1. The Hall–Kier alpha value is -3.19. The van der Waals surface area contributed by atoms with Crippen molar-refractivity contribution < 1.29 is 14.4 Å². The van der Waals surface area contributed by atoms with Crippen LogP contribution in [0.3, 0.4) is 0 Å². The van der Waals surface area contributed by atoms with Gasteiger partial charge in [0.2, 0.25) is 5.91 Å². The predicted octanol–water partition coefficient (Wildman–Crippen LogP) is 1.56. The lowest BCUT2D eigenvalue weighted by atomic mass is 9.75. The summed E-state index contributed by atoms with van der Waals surface area (Å²) in [5.41, 5.74) is 3.00. The van der Waals surface area contributed by atoms with E-state index in [1.165, 1.54) is 4.90 Å². The number of hydrogen-bond donors (Lipinski definition) is 2. The molecule has 7 heteroatoms. The van der Waals surface area contributed by atoms with E-state index in [2.05, 4.69) is 27.8 Å². The van der Waals surface area contributed by atoms with E-state index < -0.39 is 0 Å². The number of methoxy groups -OCH3 is 1. The number of nitrogens with one attached hydrogen (secondary N) is 2. The SMILES string of the molecule is COc1ccccc1CNC(=O)[C@H]1C[NH+]2CC[C@H]1C[C@@H]2Cn1cc(-c2ccccc2)nn1. The lowest BCUT2D eigenvalue weighted by molar-refractivity contribution is -0.945. The summed E-state index contributed by atoms with van der Waals surface area (Å²) in [4.78, 5) is 14.5. The Bertz CT molecular complexity index is 1070. The zero-order chi connectivity index (χ0) is 21.9. The van der Waals surface area contributed by atoms with Gasteiger partial charge in [-0.15, -0.1) is 5.10 Å². The summed E-state index contributed by atoms with van der Waals surface area (Å²) in [5, 5.41) is 11.9. The molecule has 1 unspecified atom stereocenters. The Balaban J connectivity index is 1.19. The maximum atomic E-state index is 13.0. The van der Waals surface area contributed by atoms with E-state index in [1.807, 2.05) is 53.3 Å². The van der Waals surface area contributed by atoms with Crippen LogP contribution in [0.15, 0.2) is 60.8 Å². The van der Waals surface area contributed by atoms with E-state index in [4.69, 9.17) is 4.74 Å². The lowest BCUT2D eigenvalue weighted by Crippen LogP contribution is -3.20. The van der Waals surface area contributed by atoms with Crippen LogP contribution in [0.25, 0.3) is 11.3 Å². The first-order valence-corrected chi connectivity index (χ1v) is 11.4. The normalized spacial score (nSPS) is 24.3. The van der Waals surface area contributed by atoms with E-state index >= 15 is 0 Å². The average Bonchev–Trinajstić information content (AvgIpc) is 3.32. The van der Waals surface area contributed by atoms with Crippen LogP contribution in [0.2, 0.25) is 0 Å². The predicted molar refractivity (Wildman–Crippen MR) is 121 cm³/mol.